The van der Waals surface area contributed by atoms with Gasteiger partial charge in [-0.15, -0.1) is 0 Å². The molecule has 0 fully saturated rings. The van der Waals surface area contributed by atoms with E-state index in [4.69, 9.17) is 4.74 Å². The van der Waals surface area contributed by atoms with Gasteiger partial charge in [0.1, 0.15) is 0 Å². The van der Waals surface area contributed by atoms with Crippen molar-refractivity contribution in [1.82, 2.24) is 4.90 Å². The summed E-state index contributed by atoms with van der Waals surface area (Å²) in [6.45, 7) is 5.67. The van der Waals surface area contributed by atoms with Crippen LogP contribution in [0.1, 0.15) is 45.6 Å². The lowest BCUT2D eigenvalue weighted by molar-refractivity contribution is 0.0698. The van der Waals surface area contributed by atoms with Crippen LogP contribution in [0.2, 0.25) is 0 Å². The molecular formula is C26H25N3O3. The zero-order chi connectivity index (χ0) is 22.2. The maximum atomic E-state index is 11.6. The van der Waals surface area contributed by atoms with Gasteiger partial charge in [0, 0.05) is 24.3 Å². The molecule has 1 atom stereocenters. The van der Waals surface area contributed by atoms with E-state index in [-0.39, 0.29) is 11.6 Å². The first-order valence-electron chi connectivity index (χ1n) is 10.7. The van der Waals surface area contributed by atoms with Crippen molar-refractivity contribution in [2.45, 2.75) is 33.0 Å². The number of ether oxygens (including phenoxy) is 1. The van der Waals surface area contributed by atoms with Gasteiger partial charge in [-0.2, -0.15) is 0 Å². The number of hydrogen-bond donors (Lipinski definition) is 3. The average Bonchev–Trinajstić information content (AvgIpc) is 3.22. The van der Waals surface area contributed by atoms with Crippen LogP contribution in [0.5, 0.6) is 5.75 Å². The minimum Gasteiger partial charge on any atom is -0.478 e. The van der Waals surface area contributed by atoms with Crippen LogP contribution >= 0.6 is 0 Å². The molecule has 0 aromatic heterocycles. The molecule has 6 heteroatoms. The average molecular weight is 428 g/mol. The van der Waals surface area contributed by atoms with E-state index >= 15 is 0 Å². The molecule has 0 amide bonds. The van der Waals surface area contributed by atoms with Crippen LogP contribution in [0.15, 0.2) is 72.7 Å². The molecule has 0 saturated carbocycles. The van der Waals surface area contributed by atoms with Gasteiger partial charge in [0.25, 0.3) is 0 Å². The number of aryl methyl sites for hydroxylation is 1. The summed E-state index contributed by atoms with van der Waals surface area (Å²) in [5, 5.41) is 16.3. The van der Waals surface area contributed by atoms with Crippen LogP contribution in [0.4, 0.5) is 11.4 Å². The molecule has 2 aliphatic rings. The van der Waals surface area contributed by atoms with Gasteiger partial charge >= 0.3 is 5.97 Å². The molecule has 3 aromatic carbocycles. The molecule has 3 aromatic rings. The Hall–Kier alpha value is -3.93. The lowest BCUT2D eigenvalue weighted by Gasteiger charge is -2.29. The molecule has 0 bridgehead atoms. The highest BCUT2D eigenvalue weighted by Crippen LogP contribution is 2.41. The molecule has 0 saturated heterocycles. The number of nitrogens with one attached hydrogen (secondary N) is 2. The third kappa shape index (κ3) is 3.64. The summed E-state index contributed by atoms with van der Waals surface area (Å²) in [7, 11) is 0. The highest BCUT2D eigenvalue weighted by atomic mass is 16.5. The summed E-state index contributed by atoms with van der Waals surface area (Å²) in [4.78, 5) is 13.8. The smallest absolute Gasteiger partial charge is 0.337 e. The quantitative estimate of drug-likeness (QED) is 0.500. The van der Waals surface area contributed by atoms with Crippen LogP contribution in [0, 0.1) is 6.92 Å². The normalized spacial score (nSPS) is 15.1. The monoisotopic (exact) mass is 427 g/mol. The highest BCUT2D eigenvalue weighted by molar-refractivity contribution is 5.94. The fourth-order valence-electron chi connectivity index (χ4n) is 4.37. The number of fused-ring (bicyclic) bond motifs is 2. The molecule has 1 unspecified atom stereocenters. The molecule has 0 aliphatic carbocycles. The predicted octanol–water partition coefficient (Wildman–Crippen LogP) is 5.49. The minimum absolute atomic E-state index is 0.166. The first-order chi connectivity index (χ1) is 15.5. The topological polar surface area (TPSA) is 73.8 Å². The number of carbonyl (C=O) groups is 1. The zero-order valence-electron chi connectivity index (χ0n) is 18.1. The number of carboxylic acids is 1. The Balaban J connectivity index is 1.42. The van der Waals surface area contributed by atoms with Gasteiger partial charge in [-0.25, -0.2) is 4.79 Å². The Kier molecular flexibility index (Phi) is 4.98. The summed E-state index contributed by atoms with van der Waals surface area (Å²) in [6.07, 6.45) is 1.91. The minimum atomic E-state index is -0.955. The van der Waals surface area contributed by atoms with Gasteiger partial charge in [0.2, 0.25) is 5.88 Å². The number of anilines is 2. The van der Waals surface area contributed by atoms with Crippen molar-refractivity contribution >= 4 is 17.3 Å². The highest BCUT2D eigenvalue weighted by Gasteiger charge is 2.27. The number of rotatable bonds is 5. The van der Waals surface area contributed by atoms with Gasteiger partial charge in [-0.05, 0) is 48.7 Å². The van der Waals surface area contributed by atoms with Crippen LogP contribution in [0.25, 0.3) is 0 Å². The fourth-order valence-corrected chi connectivity index (χ4v) is 4.37. The van der Waals surface area contributed by atoms with Crippen LogP contribution in [-0.4, -0.2) is 16.0 Å². The third-order valence-corrected chi connectivity index (χ3v) is 5.97. The van der Waals surface area contributed by atoms with E-state index in [2.05, 4.69) is 51.9 Å². The first-order valence-corrected chi connectivity index (χ1v) is 10.7. The van der Waals surface area contributed by atoms with Crippen molar-refractivity contribution in [1.29, 1.82) is 0 Å². The molecule has 3 N–H and O–H groups in total. The van der Waals surface area contributed by atoms with E-state index < -0.39 is 5.97 Å². The lowest BCUT2D eigenvalue weighted by Crippen LogP contribution is -2.25. The van der Waals surface area contributed by atoms with E-state index in [1.807, 2.05) is 26.1 Å². The number of hydrogen-bond acceptors (Lipinski definition) is 5. The Morgan fingerprint density at radius 3 is 2.50 bits per heavy atom. The van der Waals surface area contributed by atoms with Gasteiger partial charge < -0.3 is 25.4 Å². The molecule has 6 nitrogen and oxygen atoms in total. The Bertz CT molecular complexity index is 1210. The molecule has 0 radical (unpaired) electrons. The molecule has 5 rings (SSSR count). The predicted molar refractivity (Wildman–Crippen MR) is 125 cm³/mol. The molecule has 0 spiro atoms. The summed E-state index contributed by atoms with van der Waals surface area (Å²) >= 11 is 0. The van der Waals surface area contributed by atoms with Gasteiger partial charge in [-0.3, -0.25) is 0 Å². The number of benzene rings is 3. The van der Waals surface area contributed by atoms with Crippen molar-refractivity contribution in [2.24, 2.45) is 0 Å². The van der Waals surface area contributed by atoms with Crippen molar-refractivity contribution in [2.75, 3.05) is 10.6 Å². The van der Waals surface area contributed by atoms with E-state index in [0.29, 0.717) is 5.69 Å². The zero-order valence-corrected chi connectivity index (χ0v) is 18.1. The van der Waals surface area contributed by atoms with Gasteiger partial charge in [0.05, 0.1) is 23.5 Å². The number of carboxylic acid groups (broad SMARTS) is 1. The standard InChI is InChI=1S/C26H25N3O3/c1-16-11-21(17(2)28-22-10-6-5-9-20(22)26(30)31)25-23(12-16)27-13-24(32-25)29-14-18-7-3-4-8-19(18)15-29/h3-13,17,27-28H,14-15H2,1-2H3,(H,30,31). The second kappa shape index (κ2) is 7.96. The Morgan fingerprint density at radius 1 is 1.09 bits per heavy atom. The molecule has 162 valence electrons. The van der Waals surface area contributed by atoms with E-state index in [9.17, 15) is 9.90 Å². The van der Waals surface area contributed by atoms with Crippen molar-refractivity contribution in [3.8, 4) is 5.75 Å². The molecule has 32 heavy (non-hydrogen) atoms. The first kappa shape index (κ1) is 20.0. The largest absolute Gasteiger partial charge is 0.478 e. The van der Waals surface area contributed by atoms with Gasteiger partial charge in [0.15, 0.2) is 5.75 Å². The van der Waals surface area contributed by atoms with Crippen molar-refractivity contribution in [3.63, 3.8) is 0 Å². The van der Waals surface area contributed by atoms with Crippen LogP contribution in [-0.2, 0) is 13.1 Å². The second-order valence-electron chi connectivity index (χ2n) is 8.30. The summed E-state index contributed by atoms with van der Waals surface area (Å²) in [5.41, 5.74) is 6.42. The van der Waals surface area contributed by atoms with E-state index in [1.54, 1.807) is 18.2 Å². The molecular weight excluding hydrogens is 402 g/mol. The molecule has 2 aliphatic heterocycles. The number of para-hydroxylation sites is 1. The maximum absolute atomic E-state index is 11.6. The summed E-state index contributed by atoms with van der Waals surface area (Å²) < 4.78 is 6.44. The maximum Gasteiger partial charge on any atom is 0.337 e. The summed E-state index contributed by atoms with van der Waals surface area (Å²) in [5.74, 6) is 0.581. The van der Waals surface area contributed by atoms with Crippen molar-refractivity contribution < 1.29 is 14.6 Å². The van der Waals surface area contributed by atoms with Crippen molar-refractivity contribution in [3.05, 3.63) is 101 Å². The lowest BCUT2D eigenvalue weighted by atomic mass is 10.0. The van der Waals surface area contributed by atoms with Crippen LogP contribution < -0.4 is 15.4 Å². The second-order valence-corrected chi connectivity index (χ2v) is 8.30. The van der Waals surface area contributed by atoms with Gasteiger partial charge in [-0.1, -0.05) is 42.5 Å². The van der Waals surface area contributed by atoms with Crippen LogP contribution in [0.3, 0.4) is 0 Å². The van der Waals surface area contributed by atoms with E-state index in [1.165, 1.54) is 11.1 Å². The summed E-state index contributed by atoms with van der Waals surface area (Å²) in [6, 6.07) is 19.4. The molecule has 2 heterocycles. The van der Waals surface area contributed by atoms with E-state index in [0.717, 1.165) is 41.5 Å². The third-order valence-electron chi connectivity index (χ3n) is 5.97. The SMILES string of the molecule is Cc1cc2c(c(C(C)Nc3ccccc3C(=O)O)c1)OC(N1Cc3ccccc3C1)=CN2. The number of nitrogens with zero attached hydrogens (tertiary/aromatic N) is 1. The Labute approximate surface area is 187 Å². The fraction of sp³-hybridized carbons (Fsp3) is 0.192. The Morgan fingerprint density at radius 2 is 1.78 bits per heavy atom. The number of aromatic carboxylic acids is 1.